The number of hydrogen-bond acceptors (Lipinski definition) is 5. The lowest BCUT2D eigenvalue weighted by Crippen LogP contribution is -2.44. The molecule has 0 aliphatic carbocycles. The van der Waals surface area contributed by atoms with Crippen molar-refractivity contribution in [3.63, 3.8) is 0 Å². The molecule has 7 heteroatoms. The first kappa shape index (κ1) is 22.9. The number of anilines is 1. The van der Waals surface area contributed by atoms with Crippen molar-refractivity contribution in [2.75, 3.05) is 45.2 Å². The van der Waals surface area contributed by atoms with E-state index >= 15 is 0 Å². The maximum absolute atomic E-state index is 13.3. The van der Waals surface area contributed by atoms with Crippen molar-refractivity contribution in [2.45, 2.75) is 19.9 Å². The fourth-order valence-electron chi connectivity index (χ4n) is 4.29. The van der Waals surface area contributed by atoms with Gasteiger partial charge in [-0.1, -0.05) is 12.1 Å². The second-order valence-corrected chi connectivity index (χ2v) is 8.84. The van der Waals surface area contributed by atoms with Gasteiger partial charge in [-0.25, -0.2) is 0 Å². The number of benzene rings is 2. The van der Waals surface area contributed by atoms with Crippen molar-refractivity contribution < 1.29 is 9.53 Å². The Morgan fingerprint density at radius 1 is 1.06 bits per heavy atom. The van der Waals surface area contributed by atoms with Gasteiger partial charge >= 0.3 is 0 Å². The van der Waals surface area contributed by atoms with E-state index < -0.39 is 0 Å². The molecule has 0 unspecified atom stereocenters. The lowest BCUT2D eigenvalue weighted by Gasteiger charge is -2.34. The number of rotatable bonds is 6. The molecule has 0 saturated carbocycles. The number of ether oxygens (including phenoxy) is 1. The maximum Gasteiger partial charge on any atom is 0.252 e. The van der Waals surface area contributed by atoms with E-state index in [1.807, 2.05) is 57.6 Å². The number of aryl methyl sites for hydroxylation is 2. The number of carbonyl (C=O) groups is 1. The van der Waals surface area contributed by atoms with Crippen molar-refractivity contribution in [3.05, 3.63) is 65.5 Å². The summed E-state index contributed by atoms with van der Waals surface area (Å²) in [5.41, 5.74) is 5.76. The summed E-state index contributed by atoms with van der Waals surface area (Å²) in [7, 11) is 5.69. The Kier molecular flexibility index (Phi) is 6.70. The fraction of sp³-hybridized carbons (Fsp3) is 0.385. The van der Waals surface area contributed by atoms with Crippen LogP contribution in [0, 0.1) is 6.92 Å². The molecule has 7 nitrogen and oxygen atoms in total. The molecule has 33 heavy (non-hydrogen) atoms. The Labute approximate surface area is 196 Å². The fourth-order valence-corrected chi connectivity index (χ4v) is 4.29. The Bertz CT molecular complexity index is 1130. The lowest BCUT2D eigenvalue weighted by atomic mass is 10.00. The second-order valence-electron chi connectivity index (χ2n) is 8.84. The third kappa shape index (κ3) is 5.03. The molecule has 4 rings (SSSR count). The lowest BCUT2D eigenvalue weighted by molar-refractivity contribution is 0.0939. The van der Waals surface area contributed by atoms with Crippen LogP contribution in [0.4, 0.5) is 5.69 Å². The summed E-state index contributed by atoms with van der Waals surface area (Å²) in [5, 5.41) is 7.45. The van der Waals surface area contributed by atoms with E-state index in [-0.39, 0.29) is 11.9 Å². The zero-order valence-corrected chi connectivity index (χ0v) is 20.1. The SMILES string of the molecule is COc1ccc(-c2cnn(C)c2)cc1[C@@H](C)NC(=O)c1cc(N2CCN(C)CC2)ccc1C. The quantitative estimate of drug-likeness (QED) is 0.625. The van der Waals surface area contributed by atoms with Gasteiger partial charge in [0.2, 0.25) is 0 Å². The van der Waals surface area contributed by atoms with Gasteiger partial charge in [0.25, 0.3) is 5.91 Å². The zero-order chi connectivity index (χ0) is 23.5. The third-order valence-electron chi connectivity index (χ3n) is 6.42. The number of nitrogens with one attached hydrogen (secondary N) is 1. The van der Waals surface area contributed by atoms with E-state index in [9.17, 15) is 4.79 Å². The van der Waals surface area contributed by atoms with Crippen molar-refractivity contribution in [3.8, 4) is 16.9 Å². The van der Waals surface area contributed by atoms with Crippen LogP contribution in [0.25, 0.3) is 11.1 Å². The number of likely N-dealkylation sites (N-methyl/N-ethyl adjacent to an activating group) is 1. The van der Waals surface area contributed by atoms with E-state index in [1.54, 1.807) is 11.8 Å². The van der Waals surface area contributed by atoms with Gasteiger partial charge in [-0.15, -0.1) is 0 Å². The van der Waals surface area contributed by atoms with Crippen LogP contribution in [0.5, 0.6) is 5.75 Å². The van der Waals surface area contributed by atoms with Gasteiger partial charge < -0.3 is 19.9 Å². The van der Waals surface area contributed by atoms with Crippen molar-refractivity contribution in [2.24, 2.45) is 7.05 Å². The molecule has 1 aliphatic rings. The highest BCUT2D eigenvalue weighted by molar-refractivity contribution is 5.97. The average Bonchev–Trinajstić information content (AvgIpc) is 3.25. The summed E-state index contributed by atoms with van der Waals surface area (Å²) in [5.74, 6) is 0.670. The van der Waals surface area contributed by atoms with Gasteiger partial charge in [0.15, 0.2) is 0 Å². The summed E-state index contributed by atoms with van der Waals surface area (Å²) in [6.45, 7) is 7.96. The van der Waals surface area contributed by atoms with Gasteiger partial charge in [-0.2, -0.15) is 5.10 Å². The molecule has 1 N–H and O–H groups in total. The van der Waals surface area contributed by atoms with Crippen LogP contribution in [-0.4, -0.2) is 60.9 Å². The Morgan fingerprint density at radius 2 is 1.82 bits per heavy atom. The van der Waals surface area contributed by atoms with E-state index in [2.05, 4.69) is 39.4 Å². The number of carbonyl (C=O) groups excluding carboxylic acids is 1. The largest absolute Gasteiger partial charge is 0.496 e. The highest BCUT2D eigenvalue weighted by Gasteiger charge is 2.20. The van der Waals surface area contributed by atoms with Gasteiger partial charge in [-0.3, -0.25) is 9.48 Å². The molecular weight excluding hydrogens is 414 g/mol. The molecule has 1 aliphatic heterocycles. The van der Waals surface area contributed by atoms with Crippen molar-refractivity contribution in [1.82, 2.24) is 20.0 Å². The first-order chi connectivity index (χ1) is 15.9. The third-order valence-corrected chi connectivity index (χ3v) is 6.42. The molecule has 2 heterocycles. The normalized spacial score (nSPS) is 15.4. The molecular formula is C26H33N5O2. The van der Waals surface area contributed by atoms with Gasteiger partial charge in [0, 0.05) is 61.8 Å². The minimum atomic E-state index is -0.226. The van der Waals surface area contributed by atoms with E-state index in [1.165, 1.54) is 0 Å². The number of nitrogens with zero attached hydrogens (tertiary/aromatic N) is 4. The van der Waals surface area contributed by atoms with E-state index in [0.717, 1.165) is 59.9 Å². The molecule has 1 aromatic heterocycles. The molecule has 1 saturated heterocycles. The molecule has 0 bridgehead atoms. The number of amides is 1. The van der Waals surface area contributed by atoms with E-state index in [4.69, 9.17) is 4.74 Å². The molecule has 0 spiro atoms. The Balaban J connectivity index is 1.55. The Morgan fingerprint density at radius 3 is 2.48 bits per heavy atom. The van der Waals surface area contributed by atoms with Crippen LogP contribution in [0.15, 0.2) is 48.8 Å². The van der Waals surface area contributed by atoms with Crippen LogP contribution in [0.2, 0.25) is 0 Å². The molecule has 174 valence electrons. The van der Waals surface area contributed by atoms with Crippen LogP contribution in [0.1, 0.15) is 34.5 Å². The monoisotopic (exact) mass is 447 g/mol. The highest BCUT2D eigenvalue weighted by atomic mass is 16.5. The minimum Gasteiger partial charge on any atom is -0.496 e. The van der Waals surface area contributed by atoms with Crippen molar-refractivity contribution >= 4 is 11.6 Å². The zero-order valence-electron chi connectivity index (χ0n) is 20.1. The van der Waals surface area contributed by atoms with Gasteiger partial charge in [0.1, 0.15) is 5.75 Å². The van der Waals surface area contributed by atoms with Crippen LogP contribution >= 0.6 is 0 Å². The molecule has 1 atom stereocenters. The first-order valence-electron chi connectivity index (χ1n) is 11.4. The summed E-state index contributed by atoms with van der Waals surface area (Å²) in [4.78, 5) is 18.0. The number of piperazine rings is 1. The number of hydrogen-bond donors (Lipinski definition) is 1. The predicted octanol–water partition coefficient (Wildman–Crippen LogP) is 3.65. The molecule has 2 aromatic carbocycles. The summed E-state index contributed by atoms with van der Waals surface area (Å²) in [6, 6.07) is 12.0. The predicted molar refractivity (Wildman–Crippen MR) is 132 cm³/mol. The number of aromatic nitrogens is 2. The summed E-state index contributed by atoms with van der Waals surface area (Å²) >= 11 is 0. The highest BCUT2D eigenvalue weighted by Crippen LogP contribution is 2.31. The van der Waals surface area contributed by atoms with Crippen LogP contribution < -0.4 is 15.0 Å². The average molecular weight is 448 g/mol. The van der Waals surface area contributed by atoms with Gasteiger partial charge in [0.05, 0.1) is 19.3 Å². The maximum atomic E-state index is 13.3. The van der Waals surface area contributed by atoms with Crippen molar-refractivity contribution in [1.29, 1.82) is 0 Å². The molecule has 0 radical (unpaired) electrons. The second kappa shape index (κ2) is 9.67. The van der Waals surface area contributed by atoms with Crippen LogP contribution in [-0.2, 0) is 7.05 Å². The first-order valence-corrected chi connectivity index (χ1v) is 11.4. The summed E-state index contributed by atoms with van der Waals surface area (Å²) < 4.78 is 7.38. The van der Waals surface area contributed by atoms with Crippen LogP contribution in [0.3, 0.4) is 0 Å². The molecule has 3 aromatic rings. The smallest absolute Gasteiger partial charge is 0.252 e. The molecule has 1 amide bonds. The van der Waals surface area contributed by atoms with E-state index in [0.29, 0.717) is 5.56 Å². The topological polar surface area (TPSA) is 62.6 Å². The number of methoxy groups -OCH3 is 1. The van der Waals surface area contributed by atoms with Gasteiger partial charge in [-0.05, 0) is 56.3 Å². The minimum absolute atomic E-state index is 0.0789. The standard InChI is InChI=1S/C26H33N5O2/c1-18-6-8-22(31-12-10-29(3)11-13-31)15-23(18)26(32)28-19(2)24-14-20(7-9-25(24)33-5)21-16-27-30(4)17-21/h6-9,14-17,19H,10-13H2,1-5H3,(H,28,32)/t19-/m1/s1. The summed E-state index contributed by atoms with van der Waals surface area (Å²) in [6.07, 6.45) is 3.81. The Hall–Kier alpha value is -3.32. The molecule has 1 fully saturated rings.